The molecule has 0 rings (SSSR count). The lowest BCUT2D eigenvalue weighted by molar-refractivity contribution is -0.161. The van der Waals surface area contributed by atoms with Crippen LogP contribution in [0.5, 0.6) is 0 Å². The van der Waals surface area contributed by atoms with Gasteiger partial charge < -0.3 is 33.8 Å². The van der Waals surface area contributed by atoms with Crippen molar-refractivity contribution in [3.63, 3.8) is 0 Å². The summed E-state index contributed by atoms with van der Waals surface area (Å²) in [6, 6.07) is 0. The quantitative estimate of drug-likeness (QED) is 0.0222. The largest absolute Gasteiger partial charge is 0.472 e. The van der Waals surface area contributed by atoms with Crippen LogP contribution in [-0.4, -0.2) is 96.7 Å². The van der Waals surface area contributed by atoms with Crippen molar-refractivity contribution >= 4 is 39.5 Å². The molecule has 17 nitrogen and oxygen atoms in total. The molecule has 0 saturated heterocycles. The van der Waals surface area contributed by atoms with E-state index in [1.165, 1.54) is 173 Å². The first-order valence-electron chi connectivity index (χ1n) is 38.7. The number of phosphoric ester groups is 2. The lowest BCUT2D eigenvalue weighted by atomic mass is 10.00. The van der Waals surface area contributed by atoms with E-state index in [4.69, 9.17) is 37.0 Å². The maximum atomic E-state index is 13.1. The summed E-state index contributed by atoms with van der Waals surface area (Å²) in [4.78, 5) is 72.8. The smallest absolute Gasteiger partial charge is 0.462 e. The standard InChI is InChI=1S/C75H146O17P2/c1-9-68(8)54-46-38-33-34-40-48-56-73(78)86-62-71(92-74(79)57-49-41-31-25-19-13-11-10-12-16-21-27-35-43-51-65(2)3)64-90-94(83,84)88-60-69(76)59-87-93(81,82)89-63-70(91-75(80)58-50-42-32-26-20-23-29-37-45-53-67(6)7)61-85-72(77)55-47-39-30-24-18-15-14-17-22-28-36-44-52-66(4)5/h65-71,76H,9-64H2,1-8H3,(H,81,82)(H,83,84)/t68?,69-,70-,71-/m1/s1. The molecule has 0 aliphatic carbocycles. The second-order valence-electron chi connectivity index (χ2n) is 28.7. The molecule has 0 aromatic carbocycles. The molecule has 94 heavy (non-hydrogen) atoms. The number of esters is 4. The maximum absolute atomic E-state index is 13.1. The Kier molecular flexibility index (Phi) is 63.1. The van der Waals surface area contributed by atoms with Gasteiger partial charge in [0.2, 0.25) is 0 Å². The van der Waals surface area contributed by atoms with Gasteiger partial charge in [0.1, 0.15) is 19.3 Å². The Morgan fingerprint density at radius 3 is 0.755 bits per heavy atom. The molecule has 0 spiro atoms. The van der Waals surface area contributed by atoms with E-state index >= 15 is 0 Å². The molecule has 0 bridgehead atoms. The van der Waals surface area contributed by atoms with Gasteiger partial charge in [-0.2, -0.15) is 0 Å². The first-order chi connectivity index (χ1) is 45.1. The maximum Gasteiger partial charge on any atom is 0.472 e. The van der Waals surface area contributed by atoms with Crippen molar-refractivity contribution in [1.29, 1.82) is 0 Å². The molecule has 3 unspecified atom stereocenters. The zero-order valence-electron chi connectivity index (χ0n) is 61.6. The SMILES string of the molecule is CCC(C)CCCCCCCCC(=O)OC[C@H](COP(=O)(O)OC[C@H](O)COP(=O)(O)OC[C@@H](COC(=O)CCCCCCCCCCCCCCC(C)C)OC(=O)CCCCCCCCCCCC(C)C)OC(=O)CCCCCCCCCCCCCCCCC(C)C. The van der Waals surface area contributed by atoms with Gasteiger partial charge in [-0.05, 0) is 49.4 Å². The minimum absolute atomic E-state index is 0.105. The molecule has 0 aliphatic rings. The summed E-state index contributed by atoms with van der Waals surface area (Å²) in [5.74, 6) is 0.921. The Balaban J connectivity index is 5.24. The third-order valence-corrected chi connectivity index (χ3v) is 19.6. The minimum Gasteiger partial charge on any atom is -0.462 e. The second-order valence-corrected chi connectivity index (χ2v) is 31.6. The number of carbonyl (C=O) groups is 4. The van der Waals surface area contributed by atoms with E-state index in [0.717, 1.165) is 120 Å². The molecule has 3 N–H and O–H groups in total. The molecular formula is C75H146O17P2. The molecule has 0 amide bonds. The molecule has 558 valence electrons. The lowest BCUT2D eigenvalue weighted by Gasteiger charge is -2.21. The van der Waals surface area contributed by atoms with E-state index in [2.05, 4.69) is 55.4 Å². The van der Waals surface area contributed by atoms with Gasteiger partial charge in [-0.1, -0.05) is 325 Å². The average molecular weight is 1380 g/mol. The third-order valence-electron chi connectivity index (χ3n) is 17.7. The fourth-order valence-corrected chi connectivity index (χ4v) is 12.9. The number of rotatable bonds is 72. The number of hydrogen-bond donors (Lipinski definition) is 3. The summed E-state index contributed by atoms with van der Waals surface area (Å²) >= 11 is 0. The Labute approximate surface area is 575 Å². The Morgan fingerprint density at radius 1 is 0.298 bits per heavy atom. The molecule has 0 aliphatic heterocycles. The topological polar surface area (TPSA) is 237 Å². The van der Waals surface area contributed by atoms with E-state index in [0.29, 0.717) is 25.7 Å². The van der Waals surface area contributed by atoms with Crippen LogP contribution < -0.4 is 0 Å². The van der Waals surface area contributed by atoms with Crippen molar-refractivity contribution < 1.29 is 80.2 Å². The summed E-state index contributed by atoms with van der Waals surface area (Å²) in [6.07, 6.45) is 48.6. The minimum atomic E-state index is -4.96. The van der Waals surface area contributed by atoms with Gasteiger partial charge in [0.25, 0.3) is 0 Å². The third kappa shape index (κ3) is 67.3. The number of aliphatic hydroxyl groups excluding tert-OH is 1. The predicted octanol–water partition coefficient (Wildman–Crippen LogP) is 21.7. The molecule has 0 saturated carbocycles. The van der Waals surface area contributed by atoms with Crippen LogP contribution in [-0.2, 0) is 65.4 Å². The van der Waals surface area contributed by atoms with Gasteiger partial charge in [-0.25, -0.2) is 9.13 Å². The van der Waals surface area contributed by atoms with Crippen molar-refractivity contribution in [2.45, 2.75) is 395 Å². The van der Waals surface area contributed by atoms with Gasteiger partial charge in [0.15, 0.2) is 12.2 Å². The van der Waals surface area contributed by atoms with Crippen LogP contribution >= 0.6 is 15.6 Å². The van der Waals surface area contributed by atoms with Gasteiger partial charge in [-0.15, -0.1) is 0 Å². The lowest BCUT2D eigenvalue weighted by Crippen LogP contribution is -2.30. The fourth-order valence-electron chi connectivity index (χ4n) is 11.3. The average Bonchev–Trinajstić information content (AvgIpc) is 2.12. The van der Waals surface area contributed by atoms with Crippen LogP contribution in [0.2, 0.25) is 0 Å². The Bertz CT molecular complexity index is 1850. The molecular weight excluding hydrogens is 1230 g/mol. The highest BCUT2D eigenvalue weighted by molar-refractivity contribution is 7.47. The van der Waals surface area contributed by atoms with Gasteiger partial charge in [0, 0.05) is 25.7 Å². The molecule has 0 heterocycles. The van der Waals surface area contributed by atoms with E-state index in [1.807, 2.05) is 0 Å². The van der Waals surface area contributed by atoms with Crippen LogP contribution in [0.15, 0.2) is 0 Å². The second kappa shape index (κ2) is 64.4. The number of aliphatic hydroxyl groups is 1. The molecule has 19 heteroatoms. The van der Waals surface area contributed by atoms with Crippen molar-refractivity contribution in [1.82, 2.24) is 0 Å². The normalized spacial score (nSPS) is 14.4. The monoisotopic (exact) mass is 1380 g/mol. The van der Waals surface area contributed by atoms with Crippen LogP contribution in [0.3, 0.4) is 0 Å². The number of unbranched alkanes of at least 4 members (excludes halogenated alkanes) is 37. The summed E-state index contributed by atoms with van der Waals surface area (Å²) in [7, 11) is -9.91. The zero-order chi connectivity index (χ0) is 69.6. The number of ether oxygens (including phenoxy) is 4. The van der Waals surface area contributed by atoms with E-state index in [-0.39, 0.29) is 25.7 Å². The Hall–Kier alpha value is -1.94. The highest BCUT2D eigenvalue weighted by Crippen LogP contribution is 2.45. The highest BCUT2D eigenvalue weighted by Gasteiger charge is 2.30. The van der Waals surface area contributed by atoms with Gasteiger partial charge >= 0.3 is 39.5 Å². The molecule has 0 fully saturated rings. The zero-order valence-corrected chi connectivity index (χ0v) is 63.4. The van der Waals surface area contributed by atoms with Gasteiger partial charge in [0.05, 0.1) is 26.4 Å². The van der Waals surface area contributed by atoms with E-state index < -0.39 is 97.5 Å². The van der Waals surface area contributed by atoms with E-state index in [1.54, 1.807) is 0 Å². The summed E-state index contributed by atoms with van der Waals surface area (Å²) in [5.41, 5.74) is 0. The summed E-state index contributed by atoms with van der Waals surface area (Å²) < 4.78 is 68.5. The summed E-state index contributed by atoms with van der Waals surface area (Å²) in [5, 5.41) is 10.6. The number of hydrogen-bond acceptors (Lipinski definition) is 15. The van der Waals surface area contributed by atoms with Crippen LogP contribution in [0.25, 0.3) is 0 Å². The molecule has 0 radical (unpaired) electrons. The number of phosphoric acid groups is 2. The summed E-state index contributed by atoms with van der Waals surface area (Å²) in [6.45, 7) is 14.2. The predicted molar refractivity (Wildman–Crippen MR) is 381 cm³/mol. The van der Waals surface area contributed by atoms with Crippen LogP contribution in [0.1, 0.15) is 376 Å². The van der Waals surface area contributed by atoms with Crippen LogP contribution in [0, 0.1) is 23.7 Å². The van der Waals surface area contributed by atoms with E-state index in [9.17, 15) is 43.2 Å². The first-order valence-corrected chi connectivity index (χ1v) is 41.7. The first kappa shape index (κ1) is 92.1. The fraction of sp³-hybridized carbons (Fsp3) is 0.947. The Morgan fingerprint density at radius 2 is 0.511 bits per heavy atom. The number of carbonyl (C=O) groups excluding carboxylic acids is 4. The molecule has 6 atom stereocenters. The van der Waals surface area contributed by atoms with Crippen molar-refractivity contribution in [2.75, 3.05) is 39.6 Å². The van der Waals surface area contributed by atoms with Crippen molar-refractivity contribution in [2.24, 2.45) is 23.7 Å². The van der Waals surface area contributed by atoms with Crippen molar-refractivity contribution in [3.05, 3.63) is 0 Å². The highest BCUT2D eigenvalue weighted by atomic mass is 31.2. The van der Waals surface area contributed by atoms with Gasteiger partial charge in [-0.3, -0.25) is 37.3 Å². The molecule has 0 aromatic heterocycles. The van der Waals surface area contributed by atoms with Crippen LogP contribution in [0.4, 0.5) is 0 Å². The molecule has 0 aromatic rings. The van der Waals surface area contributed by atoms with Crippen molar-refractivity contribution in [3.8, 4) is 0 Å².